The molecule has 3 N–H and O–H groups in total. The van der Waals surface area contributed by atoms with Crippen molar-refractivity contribution in [1.82, 2.24) is 5.32 Å². The molecule has 1 amide bonds. The standard InChI is InChI=1S/C50H99NO3/c1-3-5-7-9-11-13-15-17-18-19-20-21-22-23-24-25-26-27-28-29-30-31-32-33-34-35-37-39-41-43-45-49(53)48(47-52)51-50(54)46-44-42-40-38-36-16-14-12-10-8-6-4-2/h12,14,48-49,52-53H,3-11,13,15-47H2,1-2H3,(H,51,54)/b14-12-. The summed E-state index contributed by atoms with van der Waals surface area (Å²) in [6.45, 7) is 4.35. The SMILES string of the molecule is CCCCC/C=C\CCCCCCCC(=O)NC(CO)C(O)CCCCCCCCCCCCCCCCCCCCCCCCCCCCCCCC. The Morgan fingerprint density at radius 1 is 0.426 bits per heavy atom. The van der Waals surface area contributed by atoms with Gasteiger partial charge in [0, 0.05) is 6.42 Å². The van der Waals surface area contributed by atoms with Gasteiger partial charge in [-0.3, -0.25) is 4.79 Å². The number of rotatable bonds is 46. The lowest BCUT2D eigenvalue weighted by atomic mass is 10.0. The van der Waals surface area contributed by atoms with E-state index in [0.29, 0.717) is 12.8 Å². The Morgan fingerprint density at radius 2 is 0.704 bits per heavy atom. The van der Waals surface area contributed by atoms with Gasteiger partial charge in [0.05, 0.1) is 18.8 Å². The Balaban J connectivity index is 3.38. The van der Waals surface area contributed by atoms with Crippen molar-refractivity contribution in [2.24, 2.45) is 0 Å². The quantitative estimate of drug-likeness (QED) is 0.0427. The average Bonchev–Trinajstić information content (AvgIpc) is 3.18. The van der Waals surface area contributed by atoms with Crippen LogP contribution in [0.25, 0.3) is 0 Å². The molecule has 2 unspecified atom stereocenters. The summed E-state index contributed by atoms with van der Waals surface area (Å²) in [5, 5.41) is 23.2. The third-order valence-corrected chi connectivity index (χ3v) is 11.8. The van der Waals surface area contributed by atoms with E-state index in [2.05, 4.69) is 31.3 Å². The van der Waals surface area contributed by atoms with Crippen LogP contribution in [0.3, 0.4) is 0 Å². The zero-order valence-electron chi connectivity index (χ0n) is 37.0. The molecule has 0 saturated heterocycles. The largest absolute Gasteiger partial charge is 0.394 e. The fourth-order valence-electron chi connectivity index (χ4n) is 7.95. The van der Waals surface area contributed by atoms with Gasteiger partial charge in [0.15, 0.2) is 0 Å². The van der Waals surface area contributed by atoms with Crippen LogP contribution in [0, 0.1) is 0 Å². The number of aliphatic hydroxyl groups excluding tert-OH is 2. The molecule has 0 radical (unpaired) electrons. The van der Waals surface area contributed by atoms with Gasteiger partial charge >= 0.3 is 0 Å². The summed E-state index contributed by atoms with van der Waals surface area (Å²) in [6.07, 6.45) is 59.0. The van der Waals surface area contributed by atoms with Crippen molar-refractivity contribution in [3.05, 3.63) is 12.2 Å². The molecule has 0 fully saturated rings. The Hall–Kier alpha value is -0.870. The summed E-state index contributed by atoms with van der Waals surface area (Å²) in [4.78, 5) is 12.4. The monoisotopic (exact) mass is 762 g/mol. The number of nitrogens with one attached hydrogen (secondary N) is 1. The van der Waals surface area contributed by atoms with Crippen molar-refractivity contribution in [3.8, 4) is 0 Å². The van der Waals surface area contributed by atoms with Crippen LogP contribution in [0.2, 0.25) is 0 Å². The first-order chi connectivity index (χ1) is 26.7. The highest BCUT2D eigenvalue weighted by Gasteiger charge is 2.20. The molecule has 0 bridgehead atoms. The number of hydrogen-bond acceptors (Lipinski definition) is 3. The number of carbonyl (C=O) groups is 1. The molecule has 0 aromatic rings. The summed E-state index contributed by atoms with van der Waals surface area (Å²) in [5.41, 5.74) is 0. The van der Waals surface area contributed by atoms with Crippen molar-refractivity contribution in [2.45, 2.75) is 296 Å². The summed E-state index contributed by atoms with van der Waals surface area (Å²) >= 11 is 0. The second-order valence-corrected chi connectivity index (χ2v) is 17.2. The van der Waals surface area contributed by atoms with E-state index < -0.39 is 12.1 Å². The number of unbranched alkanes of at least 4 members (excludes halogenated alkanes) is 37. The molecule has 0 aromatic carbocycles. The van der Waals surface area contributed by atoms with Gasteiger partial charge in [-0.05, 0) is 38.5 Å². The van der Waals surface area contributed by atoms with Crippen LogP contribution in [0.15, 0.2) is 12.2 Å². The molecule has 4 nitrogen and oxygen atoms in total. The van der Waals surface area contributed by atoms with Gasteiger partial charge in [-0.15, -0.1) is 0 Å². The van der Waals surface area contributed by atoms with E-state index in [1.165, 1.54) is 231 Å². The molecule has 0 heterocycles. The second kappa shape index (κ2) is 46.5. The lowest BCUT2D eigenvalue weighted by Gasteiger charge is -2.22. The van der Waals surface area contributed by atoms with Gasteiger partial charge in [-0.25, -0.2) is 0 Å². The fourth-order valence-corrected chi connectivity index (χ4v) is 7.95. The normalized spacial score (nSPS) is 12.9. The van der Waals surface area contributed by atoms with E-state index in [-0.39, 0.29) is 12.5 Å². The van der Waals surface area contributed by atoms with Crippen LogP contribution in [-0.2, 0) is 4.79 Å². The van der Waals surface area contributed by atoms with Crippen LogP contribution >= 0.6 is 0 Å². The third-order valence-electron chi connectivity index (χ3n) is 11.8. The van der Waals surface area contributed by atoms with Gasteiger partial charge in [0.1, 0.15) is 0 Å². The maximum Gasteiger partial charge on any atom is 0.220 e. The van der Waals surface area contributed by atoms with E-state index in [0.717, 1.165) is 25.7 Å². The first kappa shape index (κ1) is 53.1. The Labute approximate surface area is 339 Å². The molecule has 0 aliphatic heterocycles. The van der Waals surface area contributed by atoms with Crippen LogP contribution in [0.1, 0.15) is 284 Å². The molecule has 0 saturated carbocycles. The molecular weight excluding hydrogens is 663 g/mol. The summed E-state index contributed by atoms with van der Waals surface area (Å²) in [7, 11) is 0. The van der Waals surface area contributed by atoms with Crippen LogP contribution < -0.4 is 5.32 Å². The minimum absolute atomic E-state index is 0.0381. The van der Waals surface area contributed by atoms with Crippen LogP contribution in [0.5, 0.6) is 0 Å². The maximum atomic E-state index is 12.4. The number of allylic oxidation sites excluding steroid dienone is 2. The highest BCUT2D eigenvalue weighted by molar-refractivity contribution is 5.76. The van der Waals surface area contributed by atoms with E-state index >= 15 is 0 Å². The molecule has 54 heavy (non-hydrogen) atoms. The third kappa shape index (κ3) is 42.3. The molecule has 0 aliphatic rings. The minimum atomic E-state index is -0.659. The number of hydrogen-bond donors (Lipinski definition) is 3. The second-order valence-electron chi connectivity index (χ2n) is 17.2. The van der Waals surface area contributed by atoms with E-state index in [1.54, 1.807) is 0 Å². The number of aliphatic hydroxyl groups is 2. The van der Waals surface area contributed by atoms with Gasteiger partial charge in [0.2, 0.25) is 5.91 Å². The summed E-state index contributed by atoms with van der Waals surface area (Å²) < 4.78 is 0. The van der Waals surface area contributed by atoms with Crippen molar-refractivity contribution < 1.29 is 15.0 Å². The highest BCUT2D eigenvalue weighted by atomic mass is 16.3. The summed E-state index contributed by atoms with van der Waals surface area (Å²) in [6, 6.07) is -0.537. The smallest absolute Gasteiger partial charge is 0.220 e. The molecule has 0 aromatic heterocycles. The lowest BCUT2D eigenvalue weighted by molar-refractivity contribution is -0.123. The van der Waals surface area contributed by atoms with Crippen molar-refractivity contribution in [2.75, 3.05) is 6.61 Å². The first-order valence-electron chi connectivity index (χ1n) is 24.9. The fraction of sp³-hybridized carbons (Fsp3) is 0.940. The lowest BCUT2D eigenvalue weighted by Crippen LogP contribution is -2.45. The molecule has 0 rings (SSSR count). The Kier molecular flexibility index (Phi) is 45.8. The average molecular weight is 762 g/mol. The highest BCUT2D eigenvalue weighted by Crippen LogP contribution is 2.17. The van der Waals surface area contributed by atoms with Crippen LogP contribution in [0.4, 0.5) is 0 Å². The molecule has 0 spiro atoms. The number of carbonyl (C=O) groups excluding carboxylic acids is 1. The predicted molar refractivity (Wildman–Crippen MR) is 239 cm³/mol. The summed E-state index contributed by atoms with van der Waals surface area (Å²) in [5.74, 6) is -0.0381. The topological polar surface area (TPSA) is 69.6 Å². The van der Waals surface area contributed by atoms with Gasteiger partial charge < -0.3 is 15.5 Å². The minimum Gasteiger partial charge on any atom is -0.394 e. The molecule has 2 atom stereocenters. The molecule has 322 valence electrons. The van der Waals surface area contributed by atoms with Gasteiger partial charge in [-0.2, -0.15) is 0 Å². The molecule has 0 aliphatic carbocycles. The zero-order chi connectivity index (χ0) is 39.3. The van der Waals surface area contributed by atoms with Gasteiger partial charge in [0.25, 0.3) is 0 Å². The molecular formula is C50H99NO3. The molecule has 4 heteroatoms. The maximum absolute atomic E-state index is 12.4. The van der Waals surface area contributed by atoms with Gasteiger partial charge in [-0.1, -0.05) is 251 Å². The van der Waals surface area contributed by atoms with E-state index in [1.807, 2.05) is 0 Å². The van der Waals surface area contributed by atoms with Crippen molar-refractivity contribution in [1.29, 1.82) is 0 Å². The number of amides is 1. The van der Waals surface area contributed by atoms with Crippen molar-refractivity contribution in [3.63, 3.8) is 0 Å². The van der Waals surface area contributed by atoms with Crippen molar-refractivity contribution >= 4 is 5.91 Å². The Bertz CT molecular complexity index is 739. The van der Waals surface area contributed by atoms with E-state index in [4.69, 9.17) is 0 Å². The Morgan fingerprint density at radius 3 is 1.06 bits per heavy atom. The first-order valence-corrected chi connectivity index (χ1v) is 24.9. The zero-order valence-corrected chi connectivity index (χ0v) is 37.0. The van der Waals surface area contributed by atoms with E-state index in [9.17, 15) is 15.0 Å². The van der Waals surface area contributed by atoms with Crippen LogP contribution in [-0.4, -0.2) is 34.9 Å². The predicted octanol–water partition coefficient (Wildman–Crippen LogP) is 15.8.